The third kappa shape index (κ3) is 8.86. The van der Waals surface area contributed by atoms with E-state index in [1.807, 2.05) is 6.07 Å². The monoisotopic (exact) mass is 361 g/mol. The first-order valence-corrected chi connectivity index (χ1v) is 8.36. The van der Waals surface area contributed by atoms with Crippen LogP contribution in [0.25, 0.3) is 0 Å². The maximum atomic E-state index is 11.9. The largest absolute Gasteiger partial charge is 0.444 e. The summed E-state index contributed by atoms with van der Waals surface area (Å²) in [6.45, 7) is 11.0. The third-order valence-corrected chi connectivity index (χ3v) is 3.08. The van der Waals surface area contributed by atoms with Crippen LogP contribution in [0.1, 0.15) is 39.7 Å². The molecular weight excluding hydrogens is 334 g/mol. The molecule has 3 amide bonds. The van der Waals surface area contributed by atoms with E-state index < -0.39 is 11.7 Å². The molecule has 1 aromatic rings. The van der Waals surface area contributed by atoms with Crippen LogP contribution in [0.2, 0.25) is 0 Å². The Balaban J connectivity index is 2.37. The molecule has 26 heavy (non-hydrogen) atoms. The molecule has 0 heterocycles. The van der Waals surface area contributed by atoms with Gasteiger partial charge in [0.25, 0.3) is 5.91 Å². The number of nitrogens with one attached hydrogen (secondary N) is 3. The standard InChI is InChI=1S/C19H27N3O4/c1-13(2)17(24)22-15-8-6-7-14(11-15)12-21-16(23)9-10-20-18(25)26-19(3,4)5/h6-8,11H,1,9-10,12H2,2-5H3,(H,20,25)(H,21,23)(H,22,24). The van der Waals surface area contributed by atoms with Crippen molar-refractivity contribution in [3.63, 3.8) is 0 Å². The lowest BCUT2D eigenvalue weighted by Crippen LogP contribution is -2.35. The Labute approximate surface area is 154 Å². The molecule has 142 valence electrons. The van der Waals surface area contributed by atoms with Crippen molar-refractivity contribution in [1.82, 2.24) is 10.6 Å². The minimum absolute atomic E-state index is 0.144. The summed E-state index contributed by atoms with van der Waals surface area (Å²) < 4.78 is 5.09. The highest BCUT2D eigenvalue weighted by Crippen LogP contribution is 2.11. The quantitative estimate of drug-likeness (QED) is 0.651. The van der Waals surface area contributed by atoms with Gasteiger partial charge in [-0.15, -0.1) is 0 Å². The van der Waals surface area contributed by atoms with Crippen molar-refractivity contribution >= 4 is 23.6 Å². The molecule has 7 heteroatoms. The molecule has 0 aliphatic carbocycles. The Morgan fingerprint density at radius 1 is 1.15 bits per heavy atom. The summed E-state index contributed by atoms with van der Waals surface area (Å²) in [5.41, 5.74) is 1.33. The van der Waals surface area contributed by atoms with Gasteiger partial charge in [0.05, 0.1) is 0 Å². The maximum absolute atomic E-state index is 11.9. The van der Waals surface area contributed by atoms with E-state index in [1.165, 1.54) is 0 Å². The summed E-state index contributed by atoms with van der Waals surface area (Å²) in [6, 6.07) is 7.17. The van der Waals surface area contributed by atoms with Crippen LogP contribution >= 0.6 is 0 Å². The highest BCUT2D eigenvalue weighted by Gasteiger charge is 2.15. The van der Waals surface area contributed by atoms with Crippen molar-refractivity contribution in [2.24, 2.45) is 0 Å². The van der Waals surface area contributed by atoms with Crippen LogP contribution in [0.3, 0.4) is 0 Å². The Kier molecular flexibility index (Phi) is 7.83. The fourth-order valence-electron chi connectivity index (χ4n) is 1.88. The molecule has 0 aromatic heterocycles. The average molecular weight is 361 g/mol. The second-order valence-corrected chi connectivity index (χ2v) is 6.89. The van der Waals surface area contributed by atoms with E-state index in [4.69, 9.17) is 4.74 Å². The summed E-state index contributed by atoms with van der Waals surface area (Å²) in [4.78, 5) is 35.0. The molecular formula is C19H27N3O4. The molecule has 7 nitrogen and oxygen atoms in total. The van der Waals surface area contributed by atoms with Crippen LogP contribution in [-0.2, 0) is 20.9 Å². The second kappa shape index (κ2) is 9.60. The fourth-order valence-corrected chi connectivity index (χ4v) is 1.88. The van der Waals surface area contributed by atoms with Gasteiger partial charge in [0.15, 0.2) is 0 Å². The van der Waals surface area contributed by atoms with E-state index in [0.717, 1.165) is 5.56 Å². The number of rotatable bonds is 7. The average Bonchev–Trinajstić information content (AvgIpc) is 2.51. The van der Waals surface area contributed by atoms with Gasteiger partial charge in [0.2, 0.25) is 5.91 Å². The summed E-state index contributed by atoms with van der Waals surface area (Å²) in [5.74, 6) is -0.447. The molecule has 0 saturated carbocycles. The Morgan fingerprint density at radius 2 is 1.85 bits per heavy atom. The topological polar surface area (TPSA) is 96.5 Å². The highest BCUT2D eigenvalue weighted by molar-refractivity contribution is 6.02. The lowest BCUT2D eigenvalue weighted by Gasteiger charge is -2.19. The number of amides is 3. The first-order chi connectivity index (χ1) is 12.1. The second-order valence-electron chi connectivity index (χ2n) is 6.89. The van der Waals surface area contributed by atoms with Crippen LogP contribution in [0.5, 0.6) is 0 Å². The number of carbonyl (C=O) groups excluding carboxylic acids is 3. The van der Waals surface area contributed by atoms with Crippen LogP contribution in [0.4, 0.5) is 10.5 Å². The van der Waals surface area contributed by atoms with E-state index in [-0.39, 0.29) is 24.8 Å². The molecule has 0 saturated heterocycles. The Morgan fingerprint density at radius 3 is 2.46 bits per heavy atom. The Hall–Kier alpha value is -2.83. The molecule has 0 aliphatic heterocycles. The van der Waals surface area contributed by atoms with E-state index in [1.54, 1.807) is 45.9 Å². The van der Waals surface area contributed by atoms with Gasteiger partial charge in [-0.25, -0.2) is 4.79 Å². The lowest BCUT2D eigenvalue weighted by atomic mass is 10.2. The van der Waals surface area contributed by atoms with Crippen LogP contribution in [-0.4, -0.2) is 30.1 Å². The smallest absolute Gasteiger partial charge is 0.407 e. The van der Waals surface area contributed by atoms with Gasteiger partial charge >= 0.3 is 6.09 Å². The van der Waals surface area contributed by atoms with E-state index in [0.29, 0.717) is 17.8 Å². The van der Waals surface area contributed by atoms with Crippen molar-refractivity contribution in [2.45, 2.75) is 46.3 Å². The van der Waals surface area contributed by atoms with Crippen molar-refractivity contribution < 1.29 is 19.1 Å². The van der Waals surface area contributed by atoms with Gasteiger partial charge < -0.3 is 20.7 Å². The number of hydrogen-bond acceptors (Lipinski definition) is 4. The molecule has 0 fully saturated rings. The predicted octanol–water partition coefficient (Wildman–Crippen LogP) is 2.73. The van der Waals surface area contributed by atoms with Crippen LogP contribution in [0, 0.1) is 0 Å². The fraction of sp³-hybridized carbons (Fsp3) is 0.421. The highest BCUT2D eigenvalue weighted by atomic mass is 16.6. The van der Waals surface area contributed by atoms with E-state index in [9.17, 15) is 14.4 Å². The molecule has 0 aliphatic rings. The first-order valence-electron chi connectivity index (χ1n) is 8.36. The van der Waals surface area contributed by atoms with Crippen molar-refractivity contribution in [3.05, 3.63) is 42.0 Å². The van der Waals surface area contributed by atoms with Crippen molar-refractivity contribution in [3.8, 4) is 0 Å². The summed E-state index contributed by atoms with van der Waals surface area (Å²) in [7, 11) is 0. The first kappa shape index (κ1) is 21.2. The Bertz CT molecular complexity index is 678. The molecule has 0 spiro atoms. The SMILES string of the molecule is C=C(C)C(=O)Nc1cccc(CNC(=O)CCNC(=O)OC(C)(C)C)c1. The summed E-state index contributed by atoms with van der Waals surface area (Å²) in [6.07, 6.45) is -0.406. The number of anilines is 1. The molecule has 1 aromatic carbocycles. The summed E-state index contributed by atoms with van der Waals surface area (Å²) in [5, 5.41) is 8.02. The van der Waals surface area contributed by atoms with Gasteiger partial charge in [-0.1, -0.05) is 18.7 Å². The minimum atomic E-state index is -0.573. The molecule has 0 radical (unpaired) electrons. The molecule has 1 rings (SSSR count). The van der Waals surface area contributed by atoms with Gasteiger partial charge in [-0.3, -0.25) is 9.59 Å². The third-order valence-electron chi connectivity index (χ3n) is 3.08. The number of carbonyl (C=O) groups is 3. The normalized spacial score (nSPS) is 10.6. The van der Waals surface area contributed by atoms with Gasteiger partial charge in [0, 0.05) is 30.8 Å². The maximum Gasteiger partial charge on any atom is 0.407 e. The minimum Gasteiger partial charge on any atom is -0.444 e. The zero-order valence-electron chi connectivity index (χ0n) is 15.8. The van der Waals surface area contributed by atoms with E-state index >= 15 is 0 Å². The van der Waals surface area contributed by atoms with Crippen LogP contribution in [0.15, 0.2) is 36.4 Å². The van der Waals surface area contributed by atoms with Gasteiger partial charge in [-0.05, 0) is 45.4 Å². The molecule has 3 N–H and O–H groups in total. The number of hydrogen-bond donors (Lipinski definition) is 3. The van der Waals surface area contributed by atoms with E-state index in [2.05, 4.69) is 22.5 Å². The van der Waals surface area contributed by atoms with Crippen LogP contribution < -0.4 is 16.0 Å². The predicted molar refractivity (Wildman–Crippen MR) is 101 cm³/mol. The summed E-state index contributed by atoms with van der Waals surface area (Å²) >= 11 is 0. The number of alkyl carbamates (subject to hydrolysis) is 1. The lowest BCUT2D eigenvalue weighted by molar-refractivity contribution is -0.121. The van der Waals surface area contributed by atoms with Gasteiger partial charge in [0.1, 0.15) is 5.60 Å². The zero-order chi connectivity index (χ0) is 19.7. The zero-order valence-corrected chi connectivity index (χ0v) is 15.8. The number of benzene rings is 1. The molecule has 0 bridgehead atoms. The van der Waals surface area contributed by atoms with Gasteiger partial charge in [-0.2, -0.15) is 0 Å². The van der Waals surface area contributed by atoms with Crippen molar-refractivity contribution in [1.29, 1.82) is 0 Å². The number of ether oxygens (including phenoxy) is 1. The van der Waals surface area contributed by atoms with Crippen molar-refractivity contribution in [2.75, 3.05) is 11.9 Å². The molecule has 0 atom stereocenters. The molecule has 0 unspecified atom stereocenters.